The number of benzene rings is 1. The minimum Gasteiger partial charge on any atom is -0.496 e. The first-order valence-corrected chi connectivity index (χ1v) is 9.21. The van der Waals surface area contributed by atoms with E-state index in [4.69, 9.17) is 4.74 Å². The first-order valence-electron chi connectivity index (χ1n) is 8.33. The Bertz CT molecular complexity index is 683. The number of nitrogens with zero attached hydrogens (tertiary/aromatic N) is 2. The molecule has 0 saturated heterocycles. The molecule has 5 nitrogen and oxygen atoms in total. The van der Waals surface area contributed by atoms with Crippen molar-refractivity contribution in [2.24, 2.45) is 4.99 Å². The minimum atomic E-state index is 0.312. The summed E-state index contributed by atoms with van der Waals surface area (Å²) in [6.07, 6.45) is 0. The summed E-state index contributed by atoms with van der Waals surface area (Å²) in [5.41, 5.74) is 2.30. The Kier molecular flexibility index (Phi) is 7.28. The van der Waals surface area contributed by atoms with Crippen LogP contribution in [0.25, 0.3) is 0 Å². The molecule has 0 bridgehead atoms. The molecule has 2 aromatic rings. The van der Waals surface area contributed by atoms with Crippen LogP contribution in [0.5, 0.6) is 5.75 Å². The second-order valence-electron chi connectivity index (χ2n) is 6.12. The van der Waals surface area contributed by atoms with Crippen molar-refractivity contribution >= 4 is 17.3 Å². The standard InChI is InChI=1S/C19H28N4OS/c1-14-8-9-15(17(11-14)24-5)12-21-19(20-2)22-13-16(23(3)4)18-7-6-10-25-18/h6-11,16H,12-13H2,1-5H3,(H2,20,21,22). The predicted molar refractivity (Wildman–Crippen MR) is 107 cm³/mol. The number of hydrogen-bond donors (Lipinski definition) is 2. The van der Waals surface area contributed by atoms with Crippen LogP contribution in [0, 0.1) is 6.92 Å². The van der Waals surface area contributed by atoms with Crippen LogP contribution in [0.3, 0.4) is 0 Å². The number of likely N-dealkylation sites (N-methyl/N-ethyl adjacent to an activating group) is 1. The van der Waals surface area contributed by atoms with Crippen molar-refractivity contribution in [2.75, 3.05) is 34.8 Å². The monoisotopic (exact) mass is 360 g/mol. The van der Waals surface area contributed by atoms with Crippen molar-refractivity contribution in [3.63, 3.8) is 0 Å². The highest BCUT2D eigenvalue weighted by molar-refractivity contribution is 7.10. The summed E-state index contributed by atoms with van der Waals surface area (Å²) in [6, 6.07) is 10.8. The molecule has 1 unspecified atom stereocenters. The summed E-state index contributed by atoms with van der Waals surface area (Å²) < 4.78 is 5.47. The lowest BCUT2D eigenvalue weighted by Crippen LogP contribution is -2.41. The molecule has 2 N–H and O–H groups in total. The van der Waals surface area contributed by atoms with E-state index in [0.29, 0.717) is 12.6 Å². The number of aryl methyl sites for hydroxylation is 1. The van der Waals surface area contributed by atoms with Crippen molar-refractivity contribution in [3.05, 3.63) is 51.7 Å². The first kappa shape index (κ1) is 19.3. The fraction of sp³-hybridized carbons (Fsp3) is 0.421. The average Bonchev–Trinajstić information content (AvgIpc) is 3.12. The van der Waals surface area contributed by atoms with E-state index in [1.807, 2.05) is 6.07 Å². The first-order chi connectivity index (χ1) is 12.0. The number of thiophene rings is 1. The van der Waals surface area contributed by atoms with Crippen LogP contribution in [0.2, 0.25) is 0 Å². The van der Waals surface area contributed by atoms with Crippen molar-refractivity contribution in [1.82, 2.24) is 15.5 Å². The molecule has 0 saturated carbocycles. The molecule has 1 aromatic heterocycles. The number of aliphatic imine (C=N–C) groups is 1. The molecule has 2 rings (SSSR count). The van der Waals surface area contributed by atoms with Crippen molar-refractivity contribution < 1.29 is 4.74 Å². The van der Waals surface area contributed by atoms with E-state index in [9.17, 15) is 0 Å². The van der Waals surface area contributed by atoms with Gasteiger partial charge in [0.2, 0.25) is 0 Å². The highest BCUT2D eigenvalue weighted by Crippen LogP contribution is 2.22. The van der Waals surface area contributed by atoms with E-state index < -0.39 is 0 Å². The Hall–Kier alpha value is -2.05. The Balaban J connectivity index is 1.95. The van der Waals surface area contributed by atoms with Gasteiger partial charge in [-0.2, -0.15) is 0 Å². The van der Waals surface area contributed by atoms with Gasteiger partial charge >= 0.3 is 0 Å². The van der Waals surface area contributed by atoms with Gasteiger partial charge in [0.15, 0.2) is 5.96 Å². The SMILES string of the molecule is CN=C(NCc1ccc(C)cc1OC)NCC(c1cccs1)N(C)C. The fourth-order valence-corrected chi connectivity index (χ4v) is 3.53. The zero-order chi connectivity index (χ0) is 18.2. The number of nitrogens with one attached hydrogen (secondary N) is 2. The number of guanidine groups is 1. The summed E-state index contributed by atoms with van der Waals surface area (Å²) in [6.45, 7) is 3.51. The topological polar surface area (TPSA) is 48.9 Å². The maximum absolute atomic E-state index is 5.47. The molecular weight excluding hydrogens is 332 g/mol. The maximum Gasteiger partial charge on any atom is 0.191 e. The van der Waals surface area contributed by atoms with Crippen LogP contribution in [0.15, 0.2) is 40.7 Å². The van der Waals surface area contributed by atoms with Gasteiger partial charge < -0.3 is 20.3 Å². The molecular formula is C19H28N4OS. The van der Waals surface area contributed by atoms with Crippen molar-refractivity contribution in [1.29, 1.82) is 0 Å². The third-order valence-corrected chi connectivity index (χ3v) is 5.04. The van der Waals surface area contributed by atoms with Gasteiger partial charge in [-0.15, -0.1) is 11.3 Å². The fourth-order valence-electron chi connectivity index (χ4n) is 2.61. The highest BCUT2D eigenvalue weighted by atomic mass is 32.1. The lowest BCUT2D eigenvalue weighted by molar-refractivity contribution is 0.302. The molecule has 0 fully saturated rings. The van der Waals surface area contributed by atoms with Crippen LogP contribution in [0.4, 0.5) is 0 Å². The molecule has 136 valence electrons. The lowest BCUT2D eigenvalue weighted by atomic mass is 10.1. The third-order valence-electron chi connectivity index (χ3n) is 4.07. The molecule has 1 aromatic carbocycles. The number of rotatable bonds is 7. The molecule has 0 aliphatic rings. The second kappa shape index (κ2) is 9.44. The third kappa shape index (κ3) is 5.47. The molecule has 0 amide bonds. The summed E-state index contributed by atoms with van der Waals surface area (Å²) >= 11 is 1.78. The van der Waals surface area contributed by atoms with Gasteiger partial charge in [-0.1, -0.05) is 18.2 Å². The number of methoxy groups -OCH3 is 1. The van der Waals surface area contributed by atoms with E-state index in [2.05, 4.69) is 71.2 Å². The van der Waals surface area contributed by atoms with Crippen LogP contribution in [0.1, 0.15) is 22.0 Å². The molecule has 0 spiro atoms. The van der Waals surface area contributed by atoms with E-state index in [-0.39, 0.29) is 0 Å². The molecule has 1 atom stereocenters. The summed E-state index contributed by atoms with van der Waals surface area (Å²) in [5, 5.41) is 8.90. The second-order valence-corrected chi connectivity index (χ2v) is 7.10. The van der Waals surface area contributed by atoms with Crippen LogP contribution in [-0.4, -0.2) is 45.7 Å². The molecule has 6 heteroatoms. The zero-order valence-corrected chi connectivity index (χ0v) is 16.5. The quantitative estimate of drug-likeness (QED) is 0.589. The Morgan fingerprint density at radius 2 is 2.08 bits per heavy atom. The normalized spacial score (nSPS) is 13.0. The minimum absolute atomic E-state index is 0.312. The van der Waals surface area contributed by atoms with E-state index in [1.165, 1.54) is 10.4 Å². The van der Waals surface area contributed by atoms with Gasteiger partial charge in [0.05, 0.1) is 13.2 Å². The summed E-state index contributed by atoms with van der Waals surface area (Å²) in [5.74, 6) is 1.68. The molecule has 1 heterocycles. The van der Waals surface area contributed by atoms with Crippen LogP contribution >= 0.6 is 11.3 Å². The van der Waals surface area contributed by atoms with Gasteiger partial charge in [0, 0.05) is 30.6 Å². The summed E-state index contributed by atoms with van der Waals surface area (Å²) in [7, 11) is 7.68. The molecule has 0 radical (unpaired) electrons. The van der Waals surface area contributed by atoms with Crippen LogP contribution < -0.4 is 15.4 Å². The Morgan fingerprint density at radius 3 is 2.68 bits per heavy atom. The van der Waals surface area contributed by atoms with E-state index in [1.54, 1.807) is 25.5 Å². The summed E-state index contributed by atoms with van der Waals surface area (Å²) in [4.78, 5) is 7.89. The van der Waals surface area contributed by atoms with Gasteiger partial charge in [-0.25, -0.2) is 0 Å². The highest BCUT2D eigenvalue weighted by Gasteiger charge is 2.15. The molecule has 0 aliphatic heterocycles. The zero-order valence-electron chi connectivity index (χ0n) is 15.7. The number of ether oxygens (including phenoxy) is 1. The maximum atomic E-state index is 5.47. The van der Waals surface area contributed by atoms with E-state index >= 15 is 0 Å². The molecule has 0 aliphatic carbocycles. The molecule has 25 heavy (non-hydrogen) atoms. The van der Waals surface area contributed by atoms with Crippen molar-refractivity contribution in [3.8, 4) is 5.75 Å². The van der Waals surface area contributed by atoms with Gasteiger partial charge in [-0.3, -0.25) is 4.99 Å². The predicted octanol–water partition coefficient (Wildman–Crippen LogP) is 3.03. The Labute approximate surface area is 154 Å². The Morgan fingerprint density at radius 1 is 1.28 bits per heavy atom. The van der Waals surface area contributed by atoms with Gasteiger partial charge in [0.25, 0.3) is 0 Å². The lowest BCUT2D eigenvalue weighted by Gasteiger charge is -2.24. The van der Waals surface area contributed by atoms with Crippen LogP contribution in [-0.2, 0) is 6.54 Å². The van der Waals surface area contributed by atoms with Gasteiger partial charge in [0.1, 0.15) is 5.75 Å². The largest absolute Gasteiger partial charge is 0.496 e. The number of hydrogen-bond acceptors (Lipinski definition) is 4. The van der Waals surface area contributed by atoms with Crippen molar-refractivity contribution in [2.45, 2.75) is 19.5 Å². The van der Waals surface area contributed by atoms with Gasteiger partial charge in [-0.05, 0) is 44.1 Å². The average molecular weight is 361 g/mol. The smallest absolute Gasteiger partial charge is 0.191 e. The van der Waals surface area contributed by atoms with E-state index in [0.717, 1.165) is 23.8 Å².